The van der Waals surface area contributed by atoms with Gasteiger partial charge in [-0.25, -0.2) is 0 Å². The smallest absolute Gasteiger partial charge is 0.192 e. The van der Waals surface area contributed by atoms with Gasteiger partial charge in [0.25, 0.3) is 0 Å². The molecule has 1 aliphatic carbocycles. The Labute approximate surface area is 143 Å². The fourth-order valence-electron chi connectivity index (χ4n) is 3.40. The topological polar surface area (TPSA) is 54.4 Å². The fourth-order valence-corrected chi connectivity index (χ4v) is 3.40. The lowest BCUT2D eigenvalue weighted by molar-refractivity contribution is -0.121. The Hall–Kier alpha value is -2.26. The maximum Gasteiger partial charge on any atom is 0.192 e. The van der Waals surface area contributed by atoms with Crippen LogP contribution in [0.4, 0.5) is 0 Å². The molecule has 0 saturated heterocycles. The number of allylic oxidation sites excluding steroid dienone is 3. The average molecular weight is 324 g/mol. The summed E-state index contributed by atoms with van der Waals surface area (Å²) in [5.41, 5.74) is -0.406. The van der Waals surface area contributed by atoms with E-state index in [-0.39, 0.29) is 23.6 Å². The van der Waals surface area contributed by atoms with E-state index in [1.54, 1.807) is 44.2 Å². The van der Waals surface area contributed by atoms with Gasteiger partial charge in [-0.05, 0) is 31.6 Å². The molecule has 1 unspecified atom stereocenters. The van der Waals surface area contributed by atoms with Gasteiger partial charge in [-0.15, -0.1) is 0 Å². The molecule has 0 radical (unpaired) electrons. The Morgan fingerprint density at radius 2 is 1.83 bits per heavy atom. The maximum absolute atomic E-state index is 13.1. The molecule has 0 aliphatic heterocycles. The number of carbonyl (C=O) groups excluding carboxylic acids is 2. The van der Waals surface area contributed by atoms with E-state index in [9.17, 15) is 14.7 Å². The number of ketones is 2. The summed E-state index contributed by atoms with van der Waals surface area (Å²) in [6.45, 7) is 11.0. The first-order chi connectivity index (χ1) is 11.1. The molecule has 1 aliphatic rings. The second-order valence-corrected chi connectivity index (χ2v) is 7.16. The maximum atomic E-state index is 13.1. The molecule has 1 aromatic rings. The Morgan fingerprint density at radius 1 is 1.25 bits per heavy atom. The van der Waals surface area contributed by atoms with Crippen LogP contribution in [0.15, 0.2) is 65.8 Å². The summed E-state index contributed by atoms with van der Waals surface area (Å²) in [6, 6.07) is 8.85. The van der Waals surface area contributed by atoms with Crippen LogP contribution in [0, 0.1) is 5.41 Å². The van der Waals surface area contributed by atoms with E-state index in [0.29, 0.717) is 16.7 Å². The Kier molecular flexibility index (Phi) is 4.77. The molecule has 0 amide bonds. The van der Waals surface area contributed by atoms with Gasteiger partial charge in [-0.3, -0.25) is 9.59 Å². The van der Waals surface area contributed by atoms with Crippen molar-refractivity contribution in [3.63, 3.8) is 0 Å². The van der Waals surface area contributed by atoms with Gasteiger partial charge >= 0.3 is 0 Å². The molecular formula is C21H24O3. The highest BCUT2D eigenvalue weighted by Crippen LogP contribution is 2.48. The summed E-state index contributed by atoms with van der Waals surface area (Å²) in [5, 5.41) is 11.6. The highest BCUT2D eigenvalue weighted by molar-refractivity contribution is 6.11. The van der Waals surface area contributed by atoms with Gasteiger partial charge < -0.3 is 5.11 Å². The van der Waals surface area contributed by atoms with E-state index in [0.717, 1.165) is 0 Å². The van der Waals surface area contributed by atoms with Crippen LogP contribution in [0.2, 0.25) is 0 Å². The minimum Gasteiger partial charge on any atom is -0.380 e. The first-order valence-corrected chi connectivity index (χ1v) is 8.01. The second-order valence-electron chi connectivity index (χ2n) is 7.16. The molecule has 1 aromatic carbocycles. The van der Waals surface area contributed by atoms with E-state index < -0.39 is 11.0 Å². The van der Waals surface area contributed by atoms with Crippen LogP contribution >= 0.6 is 0 Å². The molecule has 0 saturated carbocycles. The molecule has 2 rings (SSSR count). The summed E-state index contributed by atoms with van der Waals surface area (Å²) >= 11 is 0. The van der Waals surface area contributed by atoms with E-state index >= 15 is 0 Å². The molecular weight excluding hydrogens is 300 g/mol. The van der Waals surface area contributed by atoms with Crippen molar-refractivity contribution >= 4 is 11.6 Å². The number of hydrogen-bond donors (Lipinski definition) is 1. The minimum atomic E-state index is -1.52. The van der Waals surface area contributed by atoms with Crippen LogP contribution in [-0.2, 0) is 4.79 Å². The molecule has 0 heterocycles. The van der Waals surface area contributed by atoms with Crippen LogP contribution in [0.5, 0.6) is 0 Å². The quantitative estimate of drug-likeness (QED) is 0.516. The minimum absolute atomic E-state index is 0.0380. The van der Waals surface area contributed by atoms with Crippen LogP contribution in [0.3, 0.4) is 0 Å². The van der Waals surface area contributed by atoms with Crippen molar-refractivity contribution in [2.45, 2.75) is 39.7 Å². The van der Waals surface area contributed by atoms with Gasteiger partial charge in [-0.2, -0.15) is 0 Å². The predicted molar refractivity (Wildman–Crippen MR) is 95.8 cm³/mol. The Morgan fingerprint density at radius 3 is 2.33 bits per heavy atom. The van der Waals surface area contributed by atoms with Gasteiger partial charge in [0, 0.05) is 23.0 Å². The molecule has 3 nitrogen and oxygen atoms in total. The van der Waals surface area contributed by atoms with E-state index in [1.165, 1.54) is 6.08 Å². The molecule has 0 fully saturated rings. The van der Waals surface area contributed by atoms with E-state index in [1.807, 2.05) is 19.9 Å². The zero-order valence-electron chi connectivity index (χ0n) is 14.7. The van der Waals surface area contributed by atoms with Crippen LogP contribution in [-0.4, -0.2) is 22.3 Å². The Bertz CT molecular complexity index is 751. The standard InChI is InChI=1S/C21H24O3/c1-14(2)11-18(19(23)16-9-7-6-8-10-16)21(24)15(3)12-17(22)13-20(21,4)5/h6-12,24H,1,13H2,2-5H3/b18-11+. The van der Waals surface area contributed by atoms with Gasteiger partial charge in [0.1, 0.15) is 5.60 Å². The van der Waals surface area contributed by atoms with Crippen molar-refractivity contribution in [3.05, 3.63) is 71.3 Å². The highest BCUT2D eigenvalue weighted by atomic mass is 16.3. The van der Waals surface area contributed by atoms with Gasteiger partial charge in [-0.1, -0.05) is 56.3 Å². The van der Waals surface area contributed by atoms with E-state index in [2.05, 4.69) is 6.58 Å². The second kappa shape index (κ2) is 6.33. The fraction of sp³-hybridized carbons (Fsp3) is 0.333. The van der Waals surface area contributed by atoms with Crippen molar-refractivity contribution in [1.82, 2.24) is 0 Å². The molecule has 3 heteroatoms. The monoisotopic (exact) mass is 324 g/mol. The zero-order chi connectivity index (χ0) is 18.1. The first kappa shape index (κ1) is 18.1. The third-order valence-corrected chi connectivity index (χ3v) is 4.60. The number of Topliss-reactive ketones (excluding diaryl/α,β-unsaturated/α-hetero) is 1. The normalized spacial score (nSPS) is 23.6. The summed E-state index contributed by atoms with van der Waals surface area (Å²) < 4.78 is 0. The third-order valence-electron chi connectivity index (χ3n) is 4.60. The van der Waals surface area contributed by atoms with Crippen LogP contribution < -0.4 is 0 Å². The van der Waals surface area contributed by atoms with Crippen molar-refractivity contribution in [1.29, 1.82) is 0 Å². The number of aliphatic hydroxyl groups is 1. The lowest BCUT2D eigenvalue weighted by Crippen LogP contribution is -2.52. The average Bonchev–Trinajstić information content (AvgIpc) is 2.49. The number of benzene rings is 1. The van der Waals surface area contributed by atoms with Crippen LogP contribution in [0.25, 0.3) is 0 Å². The van der Waals surface area contributed by atoms with Crippen molar-refractivity contribution in [2.75, 3.05) is 0 Å². The lowest BCUT2D eigenvalue weighted by atomic mass is 9.60. The third kappa shape index (κ3) is 3.04. The van der Waals surface area contributed by atoms with Crippen LogP contribution in [0.1, 0.15) is 44.5 Å². The van der Waals surface area contributed by atoms with Crippen molar-refractivity contribution < 1.29 is 14.7 Å². The molecule has 1 atom stereocenters. The number of carbonyl (C=O) groups is 2. The lowest BCUT2D eigenvalue weighted by Gasteiger charge is -2.46. The van der Waals surface area contributed by atoms with Gasteiger partial charge in [0.2, 0.25) is 0 Å². The summed E-state index contributed by atoms with van der Waals surface area (Å²) in [5.74, 6) is -0.291. The summed E-state index contributed by atoms with van der Waals surface area (Å²) in [4.78, 5) is 25.1. The molecule has 1 N–H and O–H groups in total. The van der Waals surface area contributed by atoms with Gasteiger partial charge in [0.15, 0.2) is 11.6 Å². The SMILES string of the molecule is C=C(C)/C=C(\C(=O)c1ccccc1)C1(O)C(C)=CC(=O)CC1(C)C. The van der Waals surface area contributed by atoms with E-state index in [4.69, 9.17) is 0 Å². The molecule has 0 spiro atoms. The van der Waals surface area contributed by atoms with Crippen molar-refractivity contribution in [2.24, 2.45) is 5.41 Å². The molecule has 126 valence electrons. The molecule has 0 aromatic heterocycles. The highest BCUT2D eigenvalue weighted by Gasteiger charge is 2.52. The van der Waals surface area contributed by atoms with Crippen molar-refractivity contribution in [3.8, 4) is 0 Å². The number of rotatable bonds is 4. The largest absolute Gasteiger partial charge is 0.380 e. The van der Waals surface area contributed by atoms with Gasteiger partial charge in [0.05, 0.1) is 0 Å². The first-order valence-electron chi connectivity index (χ1n) is 8.01. The predicted octanol–water partition coefficient (Wildman–Crippen LogP) is 4.05. The molecule has 24 heavy (non-hydrogen) atoms. The number of hydrogen-bond acceptors (Lipinski definition) is 3. The summed E-state index contributed by atoms with van der Waals surface area (Å²) in [7, 11) is 0. The summed E-state index contributed by atoms with van der Waals surface area (Å²) in [6.07, 6.45) is 3.25. The Balaban J connectivity index is 2.68. The molecule has 0 bridgehead atoms. The zero-order valence-corrected chi connectivity index (χ0v) is 14.7.